The summed E-state index contributed by atoms with van der Waals surface area (Å²) >= 11 is 1.67. The molecular formula is C15H18N4S. The molecule has 0 aliphatic heterocycles. The number of pyridine rings is 1. The van der Waals surface area contributed by atoms with Gasteiger partial charge in [-0.15, -0.1) is 0 Å². The predicted molar refractivity (Wildman–Crippen MR) is 81.0 cm³/mol. The van der Waals surface area contributed by atoms with Gasteiger partial charge in [-0.05, 0) is 34.0 Å². The summed E-state index contributed by atoms with van der Waals surface area (Å²) in [5.74, 6) is 0. The quantitative estimate of drug-likeness (QED) is 0.849. The van der Waals surface area contributed by atoms with E-state index in [9.17, 15) is 0 Å². The Bertz CT molecular complexity index is 533. The van der Waals surface area contributed by atoms with Crippen LogP contribution in [0, 0.1) is 11.3 Å². The Morgan fingerprint density at radius 3 is 2.95 bits per heavy atom. The number of aromatic nitrogens is 1. The molecule has 0 radical (unpaired) electrons. The Morgan fingerprint density at radius 2 is 2.35 bits per heavy atom. The van der Waals surface area contributed by atoms with Crippen LogP contribution in [-0.2, 0) is 6.54 Å². The molecule has 0 aliphatic carbocycles. The lowest BCUT2D eigenvalue weighted by Crippen LogP contribution is -2.34. The maximum atomic E-state index is 8.85. The molecular weight excluding hydrogens is 268 g/mol. The highest BCUT2D eigenvalue weighted by molar-refractivity contribution is 7.07. The van der Waals surface area contributed by atoms with Gasteiger partial charge in [0.15, 0.2) is 0 Å². The summed E-state index contributed by atoms with van der Waals surface area (Å²) in [7, 11) is 0. The van der Waals surface area contributed by atoms with Crippen LogP contribution < -0.4 is 5.73 Å². The first-order valence-electron chi connectivity index (χ1n) is 6.57. The van der Waals surface area contributed by atoms with Gasteiger partial charge >= 0.3 is 0 Å². The van der Waals surface area contributed by atoms with Crippen LogP contribution in [0.15, 0.2) is 41.4 Å². The highest BCUT2D eigenvalue weighted by atomic mass is 32.1. The van der Waals surface area contributed by atoms with Crippen molar-refractivity contribution in [2.24, 2.45) is 5.73 Å². The van der Waals surface area contributed by atoms with Gasteiger partial charge < -0.3 is 5.73 Å². The smallest absolute Gasteiger partial charge is 0.0635 e. The molecule has 5 heteroatoms. The monoisotopic (exact) mass is 286 g/mol. The van der Waals surface area contributed by atoms with Gasteiger partial charge in [-0.2, -0.15) is 16.6 Å². The maximum Gasteiger partial charge on any atom is 0.0635 e. The van der Waals surface area contributed by atoms with Crippen LogP contribution >= 0.6 is 11.3 Å². The molecule has 0 saturated heterocycles. The number of thiophene rings is 1. The van der Waals surface area contributed by atoms with E-state index in [4.69, 9.17) is 11.0 Å². The lowest BCUT2D eigenvalue weighted by Gasteiger charge is -2.30. The van der Waals surface area contributed by atoms with Crippen molar-refractivity contribution >= 4 is 11.3 Å². The molecule has 0 saturated carbocycles. The van der Waals surface area contributed by atoms with Gasteiger partial charge in [-0.3, -0.25) is 9.88 Å². The van der Waals surface area contributed by atoms with Gasteiger partial charge in [0.25, 0.3) is 0 Å². The number of nitrogens with zero attached hydrogens (tertiary/aromatic N) is 3. The van der Waals surface area contributed by atoms with Crippen molar-refractivity contribution in [3.05, 3.63) is 52.5 Å². The van der Waals surface area contributed by atoms with E-state index in [1.54, 1.807) is 17.5 Å². The van der Waals surface area contributed by atoms with E-state index in [1.165, 1.54) is 5.56 Å². The molecule has 2 rings (SSSR count). The van der Waals surface area contributed by atoms with Crippen LogP contribution in [0.4, 0.5) is 0 Å². The van der Waals surface area contributed by atoms with E-state index in [1.807, 2.05) is 18.3 Å². The van der Waals surface area contributed by atoms with E-state index >= 15 is 0 Å². The zero-order valence-electron chi connectivity index (χ0n) is 11.3. The molecule has 1 atom stereocenters. The zero-order chi connectivity index (χ0) is 14.2. The van der Waals surface area contributed by atoms with E-state index in [0.717, 1.165) is 12.1 Å². The number of nitrogens with two attached hydrogens (primary N) is 1. The van der Waals surface area contributed by atoms with Crippen molar-refractivity contribution in [2.45, 2.75) is 19.0 Å². The molecule has 0 amide bonds. The van der Waals surface area contributed by atoms with E-state index < -0.39 is 0 Å². The fourth-order valence-electron chi connectivity index (χ4n) is 2.23. The molecule has 1 unspecified atom stereocenters. The molecule has 0 spiro atoms. The first-order valence-corrected chi connectivity index (χ1v) is 7.51. The van der Waals surface area contributed by atoms with Crippen LogP contribution in [0.5, 0.6) is 0 Å². The number of hydrogen-bond acceptors (Lipinski definition) is 5. The van der Waals surface area contributed by atoms with Crippen molar-refractivity contribution in [3.8, 4) is 6.07 Å². The van der Waals surface area contributed by atoms with Crippen LogP contribution in [0.3, 0.4) is 0 Å². The Morgan fingerprint density at radius 1 is 1.45 bits per heavy atom. The van der Waals surface area contributed by atoms with Gasteiger partial charge in [-0.1, -0.05) is 6.07 Å². The van der Waals surface area contributed by atoms with Crippen LogP contribution in [0.1, 0.15) is 23.6 Å². The normalized spacial score (nSPS) is 12.2. The van der Waals surface area contributed by atoms with E-state index in [0.29, 0.717) is 19.5 Å². The average Bonchev–Trinajstić information content (AvgIpc) is 3.00. The molecule has 2 N–H and O–H groups in total. The van der Waals surface area contributed by atoms with Gasteiger partial charge in [0.2, 0.25) is 0 Å². The first kappa shape index (κ1) is 14.7. The minimum atomic E-state index is 0.148. The second kappa shape index (κ2) is 7.75. The standard InChI is InChI=1S/C15H18N4S/c16-5-2-7-19(11-13-3-1-6-18-10-13)15(9-17)14-4-8-20-12-14/h1,3-4,6,8,10,12,15H,2,7,9,11,17H2. The first-order chi connectivity index (χ1) is 9.85. The second-order valence-corrected chi connectivity index (χ2v) is 5.33. The third-order valence-corrected chi connectivity index (χ3v) is 3.91. The van der Waals surface area contributed by atoms with Crippen molar-refractivity contribution in [3.63, 3.8) is 0 Å². The summed E-state index contributed by atoms with van der Waals surface area (Å²) in [6.07, 6.45) is 4.13. The molecule has 0 aliphatic rings. The molecule has 2 aromatic heterocycles. The van der Waals surface area contributed by atoms with Gasteiger partial charge in [0, 0.05) is 44.5 Å². The van der Waals surface area contributed by atoms with Crippen LogP contribution in [-0.4, -0.2) is 23.0 Å². The fraction of sp³-hybridized carbons (Fsp3) is 0.333. The van der Waals surface area contributed by atoms with Gasteiger partial charge in [-0.25, -0.2) is 0 Å². The summed E-state index contributed by atoms with van der Waals surface area (Å²) in [5.41, 5.74) is 8.31. The summed E-state index contributed by atoms with van der Waals surface area (Å²) in [6, 6.07) is 8.44. The third-order valence-electron chi connectivity index (χ3n) is 3.21. The molecule has 0 fully saturated rings. The van der Waals surface area contributed by atoms with E-state index in [-0.39, 0.29) is 6.04 Å². The minimum absolute atomic E-state index is 0.148. The topological polar surface area (TPSA) is 65.9 Å². The Labute approximate surface area is 123 Å². The summed E-state index contributed by atoms with van der Waals surface area (Å²) in [5, 5.41) is 13.0. The molecule has 0 bridgehead atoms. The molecule has 4 nitrogen and oxygen atoms in total. The number of hydrogen-bond donors (Lipinski definition) is 1. The van der Waals surface area contributed by atoms with Crippen molar-refractivity contribution in [1.29, 1.82) is 5.26 Å². The third kappa shape index (κ3) is 3.87. The van der Waals surface area contributed by atoms with E-state index in [2.05, 4.69) is 32.8 Å². The predicted octanol–water partition coefficient (Wildman–Crippen LogP) is 2.56. The van der Waals surface area contributed by atoms with Crippen LogP contribution in [0.25, 0.3) is 0 Å². The number of rotatable bonds is 7. The highest BCUT2D eigenvalue weighted by Gasteiger charge is 2.19. The van der Waals surface area contributed by atoms with Crippen molar-refractivity contribution < 1.29 is 0 Å². The molecule has 0 aromatic carbocycles. The Kier molecular flexibility index (Phi) is 5.69. The summed E-state index contributed by atoms with van der Waals surface area (Å²) < 4.78 is 0. The molecule has 20 heavy (non-hydrogen) atoms. The van der Waals surface area contributed by atoms with Crippen LogP contribution in [0.2, 0.25) is 0 Å². The summed E-state index contributed by atoms with van der Waals surface area (Å²) in [4.78, 5) is 6.40. The summed E-state index contributed by atoms with van der Waals surface area (Å²) in [6.45, 7) is 2.01. The van der Waals surface area contributed by atoms with Gasteiger partial charge in [0.05, 0.1) is 6.07 Å². The molecule has 2 aromatic rings. The minimum Gasteiger partial charge on any atom is -0.329 e. The molecule has 2 heterocycles. The SMILES string of the molecule is N#CCCN(Cc1cccnc1)C(CN)c1ccsc1. The lowest BCUT2D eigenvalue weighted by atomic mass is 10.1. The van der Waals surface area contributed by atoms with Crippen molar-refractivity contribution in [1.82, 2.24) is 9.88 Å². The van der Waals surface area contributed by atoms with Crippen molar-refractivity contribution in [2.75, 3.05) is 13.1 Å². The fourth-order valence-corrected chi connectivity index (χ4v) is 2.93. The largest absolute Gasteiger partial charge is 0.329 e. The Hall–Kier alpha value is -1.74. The average molecular weight is 286 g/mol. The maximum absolute atomic E-state index is 8.85. The lowest BCUT2D eigenvalue weighted by molar-refractivity contribution is 0.197. The second-order valence-electron chi connectivity index (χ2n) is 4.55. The zero-order valence-corrected chi connectivity index (χ0v) is 12.1. The Balaban J connectivity index is 2.15. The molecule has 104 valence electrons. The highest BCUT2D eigenvalue weighted by Crippen LogP contribution is 2.24. The number of nitriles is 1. The van der Waals surface area contributed by atoms with Gasteiger partial charge in [0.1, 0.15) is 0 Å².